The molecule has 138 valence electrons. The third kappa shape index (κ3) is 6.57. The van der Waals surface area contributed by atoms with Crippen LogP contribution in [-0.4, -0.2) is 26.9 Å². The number of methoxy groups -OCH3 is 1. The molecule has 0 saturated heterocycles. The molecule has 0 fully saturated rings. The number of alkyl halides is 3. The minimum Gasteiger partial charge on any atom is -0.491 e. The smallest absolute Gasteiger partial charge is 0.419 e. The number of hydrogen-bond acceptors (Lipinski definition) is 3. The fourth-order valence-electron chi connectivity index (χ4n) is 2.29. The van der Waals surface area contributed by atoms with Crippen molar-refractivity contribution in [3.05, 3.63) is 65.7 Å². The highest BCUT2D eigenvalue weighted by Crippen LogP contribution is 2.36. The normalized spacial score (nSPS) is 12.3. The van der Waals surface area contributed by atoms with E-state index in [9.17, 15) is 13.2 Å². The largest absolute Gasteiger partial charge is 0.491 e. The van der Waals surface area contributed by atoms with Gasteiger partial charge in [0.2, 0.25) is 0 Å². The second-order valence-electron chi connectivity index (χ2n) is 5.22. The van der Waals surface area contributed by atoms with Gasteiger partial charge in [0.05, 0.1) is 18.2 Å². The lowest BCUT2D eigenvalue weighted by atomic mass is 10.1. The molecule has 2 aromatic carbocycles. The van der Waals surface area contributed by atoms with Crippen molar-refractivity contribution in [1.82, 2.24) is 5.32 Å². The van der Waals surface area contributed by atoms with E-state index in [1.807, 2.05) is 30.3 Å². The Balaban J connectivity index is 0.00000312. The summed E-state index contributed by atoms with van der Waals surface area (Å²) in [5, 5.41) is 3.23. The van der Waals surface area contributed by atoms with Gasteiger partial charge >= 0.3 is 6.18 Å². The Hall–Kier alpha value is -1.76. The average molecular weight is 376 g/mol. The zero-order chi connectivity index (χ0) is 17.4. The van der Waals surface area contributed by atoms with Gasteiger partial charge in [0, 0.05) is 13.7 Å². The SMILES string of the molecule is COCCNC(COc1ccccc1C(F)(F)F)c1ccccc1.Cl. The summed E-state index contributed by atoms with van der Waals surface area (Å²) in [5.41, 5.74) is 0.173. The van der Waals surface area contributed by atoms with Crippen molar-refractivity contribution in [2.24, 2.45) is 0 Å². The number of para-hydroxylation sites is 1. The predicted molar refractivity (Wildman–Crippen MR) is 93.2 cm³/mol. The maximum Gasteiger partial charge on any atom is 0.419 e. The molecule has 0 saturated carbocycles. The van der Waals surface area contributed by atoms with Crippen LogP contribution < -0.4 is 10.1 Å². The van der Waals surface area contributed by atoms with Crippen LogP contribution in [0.15, 0.2) is 54.6 Å². The molecular weight excluding hydrogens is 355 g/mol. The molecule has 0 amide bonds. The molecule has 1 unspecified atom stereocenters. The van der Waals surface area contributed by atoms with Gasteiger partial charge in [-0.1, -0.05) is 42.5 Å². The first kappa shape index (κ1) is 21.3. The summed E-state index contributed by atoms with van der Waals surface area (Å²) in [6, 6.07) is 14.5. The molecule has 0 aromatic heterocycles. The van der Waals surface area contributed by atoms with E-state index in [0.29, 0.717) is 13.2 Å². The lowest BCUT2D eigenvalue weighted by Gasteiger charge is -2.21. The van der Waals surface area contributed by atoms with E-state index in [2.05, 4.69) is 5.32 Å². The van der Waals surface area contributed by atoms with E-state index in [1.165, 1.54) is 18.2 Å². The van der Waals surface area contributed by atoms with Crippen LogP contribution in [0.25, 0.3) is 0 Å². The highest BCUT2D eigenvalue weighted by atomic mass is 35.5. The molecule has 0 aliphatic heterocycles. The van der Waals surface area contributed by atoms with E-state index >= 15 is 0 Å². The van der Waals surface area contributed by atoms with E-state index in [4.69, 9.17) is 9.47 Å². The fraction of sp³-hybridized carbons (Fsp3) is 0.333. The predicted octanol–water partition coefficient (Wildman–Crippen LogP) is 4.48. The lowest BCUT2D eigenvalue weighted by Crippen LogP contribution is -2.29. The number of benzene rings is 2. The number of rotatable bonds is 8. The van der Waals surface area contributed by atoms with E-state index < -0.39 is 11.7 Å². The van der Waals surface area contributed by atoms with Gasteiger partial charge in [-0.25, -0.2) is 0 Å². The monoisotopic (exact) mass is 375 g/mol. The molecule has 0 aliphatic rings. The van der Waals surface area contributed by atoms with Crippen LogP contribution in [0.3, 0.4) is 0 Å². The van der Waals surface area contributed by atoms with Crippen molar-refractivity contribution in [3.8, 4) is 5.75 Å². The number of ether oxygens (including phenoxy) is 2. The molecule has 0 heterocycles. The highest BCUT2D eigenvalue weighted by Gasteiger charge is 2.34. The van der Waals surface area contributed by atoms with Gasteiger partial charge in [-0.2, -0.15) is 13.2 Å². The Kier molecular flexibility index (Phi) is 8.75. The van der Waals surface area contributed by atoms with Gasteiger partial charge in [-0.05, 0) is 17.7 Å². The first-order valence-electron chi connectivity index (χ1n) is 7.58. The summed E-state index contributed by atoms with van der Waals surface area (Å²) in [4.78, 5) is 0. The summed E-state index contributed by atoms with van der Waals surface area (Å²) in [7, 11) is 1.59. The summed E-state index contributed by atoms with van der Waals surface area (Å²) < 4.78 is 49.6. The van der Waals surface area contributed by atoms with Gasteiger partial charge in [-0.15, -0.1) is 12.4 Å². The summed E-state index contributed by atoms with van der Waals surface area (Å²) in [6.45, 7) is 1.16. The number of nitrogens with one attached hydrogen (secondary N) is 1. The zero-order valence-corrected chi connectivity index (χ0v) is 14.6. The number of halogens is 4. The summed E-state index contributed by atoms with van der Waals surface area (Å²) in [5.74, 6) is -0.167. The topological polar surface area (TPSA) is 30.5 Å². The Morgan fingerprint density at radius 1 is 1.00 bits per heavy atom. The van der Waals surface area contributed by atoms with Crippen molar-refractivity contribution >= 4 is 12.4 Å². The van der Waals surface area contributed by atoms with Crippen LogP contribution in [0.2, 0.25) is 0 Å². The van der Waals surface area contributed by atoms with Gasteiger partial charge in [0.25, 0.3) is 0 Å². The van der Waals surface area contributed by atoms with Crippen LogP contribution in [0.1, 0.15) is 17.2 Å². The molecule has 0 bridgehead atoms. The molecule has 25 heavy (non-hydrogen) atoms. The Morgan fingerprint density at radius 3 is 2.28 bits per heavy atom. The molecule has 1 N–H and O–H groups in total. The third-order valence-electron chi connectivity index (χ3n) is 3.50. The van der Waals surface area contributed by atoms with Gasteiger partial charge < -0.3 is 14.8 Å². The summed E-state index contributed by atoms with van der Waals surface area (Å²) in [6.07, 6.45) is -4.44. The van der Waals surface area contributed by atoms with E-state index in [1.54, 1.807) is 7.11 Å². The van der Waals surface area contributed by atoms with Crippen LogP contribution in [-0.2, 0) is 10.9 Å². The van der Waals surface area contributed by atoms with Crippen molar-refractivity contribution < 1.29 is 22.6 Å². The molecule has 2 aromatic rings. The molecule has 0 radical (unpaired) electrons. The second kappa shape index (κ2) is 10.3. The third-order valence-corrected chi connectivity index (χ3v) is 3.50. The molecular formula is C18H21ClF3NO2. The lowest BCUT2D eigenvalue weighted by molar-refractivity contribution is -0.139. The minimum atomic E-state index is -4.44. The fourth-order valence-corrected chi connectivity index (χ4v) is 2.29. The molecule has 0 spiro atoms. The molecule has 2 rings (SSSR count). The Bertz CT molecular complexity index is 623. The quantitative estimate of drug-likeness (QED) is 0.690. The van der Waals surface area contributed by atoms with E-state index in [0.717, 1.165) is 11.6 Å². The standard InChI is InChI=1S/C18H20F3NO2.ClH/c1-23-12-11-22-16(14-7-3-2-4-8-14)13-24-17-10-6-5-9-15(17)18(19,20)21;/h2-10,16,22H,11-13H2,1H3;1H. The van der Waals surface area contributed by atoms with Crippen molar-refractivity contribution in [2.75, 3.05) is 26.9 Å². The van der Waals surface area contributed by atoms with Crippen molar-refractivity contribution in [2.45, 2.75) is 12.2 Å². The first-order valence-corrected chi connectivity index (χ1v) is 7.58. The highest BCUT2D eigenvalue weighted by molar-refractivity contribution is 5.85. The van der Waals surface area contributed by atoms with Crippen LogP contribution >= 0.6 is 12.4 Å². The summed E-state index contributed by atoms with van der Waals surface area (Å²) >= 11 is 0. The minimum absolute atomic E-state index is 0. The maximum atomic E-state index is 13.0. The second-order valence-corrected chi connectivity index (χ2v) is 5.22. The van der Waals surface area contributed by atoms with Crippen molar-refractivity contribution in [3.63, 3.8) is 0 Å². The Morgan fingerprint density at radius 2 is 1.64 bits per heavy atom. The van der Waals surface area contributed by atoms with Gasteiger partial charge in [0.15, 0.2) is 0 Å². The van der Waals surface area contributed by atoms with Crippen molar-refractivity contribution in [1.29, 1.82) is 0 Å². The molecule has 1 atom stereocenters. The molecule has 7 heteroatoms. The van der Waals surface area contributed by atoms with Crippen LogP contribution in [0.5, 0.6) is 5.75 Å². The zero-order valence-electron chi connectivity index (χ0n) is 13.8. The molecule has 3 nitrogen and oxygen atoms in total. The molecule has 0 aliphatic carbocycles. The van der Waals surface area contributed by atoms with Gasteiger partial charge in [-0.3, -0.25) is 0 Å². The average Bonchev–Trinajstić information content (AvgIpc) is 2.58. The van der Waals surface area contributed by atoms with Crippen LogP contribution in [0, 0.1) is 0 Å². The van der Waals surface area contributed by atoms with E-state index in [-0.39, 0.29) is 30.8 Å². The number of hydrogen-bond donors (Lipinski definition) is 1. The van der Waals surface area contributed by atoms with Crippen LogP contribution in [0.4, 0.5) is 13.2 Å². The Labute approximate surface area is 151 Å². The maximum absolute atomic E-state index is 13.0. The first-order chi connectivity index (χ1) is 11.5. The van der Waals surface area contributed by atoms with Gasteiger partial charge in [0.1, 0.15) is 12.4 Å².